The van der Waals surface area contributed by atoms with Crippen molar-refractivity contribution in [1.29, 1.82) is 0 Å². The molecule has 0 saturated carbocycles. The molecule has 3 heterocycles. The highest BCUT2D eigenvalue weighted by Crippen LogP contribution is 2.33. The molecule has 36 heavy (non-hydrogen) atoms. The number of carbonyl (C=O) groups is 1. The fourth-order valence-electron chi connectivity index (χ4n) is 4.00. The van der Waals surface area contributed by atoms with E-state index in [0.29, 0.717) is 33.5 Å². The van der Waals surface area contributed by atoms with Gasteiger partial charge in [0, 0.05) is 43.1 Å². The molecule has 11 heteroatoms. The molecule has 0 fully saturated rings. The number of Topliss-reactive ketones (excluding diaryl/α,β-unsaturated/α-hetero) is 1. The quantitative estimate of drug-likeness (QED) is 0.301. The van der Waals surface area contributed by atoms with Crippen molar-refractivity contribution >= 4 is 26.7 Å². The Labute approximate surface area is 206 Å². The van der Waals surface area contributed by atoms with Crippen LogP contribution in [0.4, 0.5) is 8.78 Å². The molecular weight excluding hydrogens is 490 g/mol. The van der Waals surface area contributed by atoms with Crippen molar-refractivity contribution in [2.75, 3.05) is 12.0 Å². The van der Waals surface area contributed by atoms with Crippen molar-refractivity contribution in [1.82, 2.24) is 19.5 Å². The molecule has 0 aliphatic heterocycles. The predicted molar refractivity (Wildman–Crippen MR) is 131 cm³/mol. The lowest BCUT2D eigenvalue weighted by molar-refractivity contribution is 0.0861. The first-order valence-electron chi connectivity index (χ1n) is 11.1. The Balaban J connectivity index is 1.80. The standard InChI is InChI=1S/C25H24F2N4O4S/c1-15(14-36(3,33)34)7-23(32)18-9-22-24(28-10-18)21(13-31(22)25-29-11-19(27)12-30-25)17-5-4-6-20(8-17)35-16(2)26/h4-6,8-13,15-16H,7,14H2,1-3H3. The molecule has 2 unspecified atom stereocenters. The number of pyridine rings is 1. The van der Waals surface area contributed by atoms with Crippen LogP contribution in [-0.4, -0.2) is 52.1 Å². The number of ether oxygens (including phenoxy) is 1. The summed E-state index contributed by atoms with van der Waals surface area (Å²) in [6.07, 6.45) is 4.85. The minimum atomic E-state index is -3.22. The Hall–Kier alpha value is -3.73. The minimum Gasteiger partial charge on any atom is -0.461 e. The second-order valence-electron chi connectivity index (χ2n) is 8.72. The summed E-state index contributed by atoms with van der Waals surface area (Å²) >= 11 is 0. The molecule has 0 radical (unpaired) electrons. The van der Waals surface area contributed by atoms with Crippen LogP contribution in [0.5, 0.6) is 5.75 Å². The third-order valence-electron chi connectivity index (χ3n) is 5.35. The Morgan fingerprint density at radius 1 is 1.11 bits per heavy atom. The third kappa shape index (κ3) is 5.91. The van der Waals surface area contributed by atoms with Gasteiger partial charge in [-0.05, 0) is 29.7 Å². The number of alkyl halides is 1. The van der Waals surface area contributed by atoms with Crippen molar-refractivity contribution in [3.8, 4) is 22.8 Å². The average molecular weight is 515 g/mol. The van der Waals surface area contributed by atoms with Crippen LogP contribution < -0.4 is 4.74 Å². The first kappa shape index (κ1) is 25.4. The molecule has 0 saturated heterocycles. The second kappa shape index (κ2) is 10.1. The molecule has 4 rings (SSSR count). The zero-order valence-electron chi connectivity index (χ0n) is 19.9. The van der Waals surface area contributed by atoms with Crippen molar-refractivity contribution < 1.29 is 26.7 Å². The summed E-state index contributed by atoms with van der Waals surface area (Å²) in [7, 11) is -3.22. The summed E-state index contributed by atoms with van der Waals surface area (Å²) in [5.74, 6) is -0.848. The second-order valence-corrected chi connectivity index (χ2v) is 10.9. The fourth-order valence-corrected chi connectivity index (χ4v) is 5.15. The summed E-state index contributed by atoms with van der Waals surface area (Å²) in [5.41, 5.74) is 2.60. The molecular formula is C25H24F2N4O4S. The predicted octanol–water partition coefficient (Wildman–Crippen LogP) is 4.57. The number of aromatic nitrogens is 4. The number of halogens is 2. The van der Waals surface area contributed by atoms with Crippen LogP contribution in [0.3, 0.4) is 0 Å². The van der Waals surface area contributed by atoms with E-state index in [1.165, 1.54) is 13.1 Å². The normalized spacial score (nSPS) is 13.5. The van der Waals surface area contributed by atoms with Gasteiger partial charge in [0.25, 0.3) is 0 Å². The Bertz CT molecular complexity index is 1520. The molecule has 3 aromatic heterocycles. The monoisotopic (exact) mass is 514 g/mol. The van der Waals surface area contributed by atoms with Gasteiger partial charge in [0.2, 0.25) is 12.3 Å². The first-order chi connectivity index (χ1) is 17.0. The lowest BCUT2D eigenvalue weighted by atomic mass is 10.0. The van der Waals surface area contributed by atoms with Crippen LogP contribution in [0.2, 0.25) is 0 Å². The summed E-state index contributed by atoms with van der Waals surface area (Å²) in [6, 6.07) is 8.43. The smallest absolute Gasteiger partial charge is 0.235 e. The van der Waals surface area contributed by atoms with Gasteiger partial charge < -0.3 is 4.74 Å². The van der Waals surface area contributed by atoms with Crippen LogP contribution in [-0.2, 0) is 9.84 Å². The van der Waals surface area contributed by atoms with E-state index in [1.807, 2.05) is 0 Å². The maximum atomic E-state index is 13.5. The summed E-state index contributed by atoms with van der Waals surface area (Å²) in [6.45, 7) is 2.98. The summed E-state index contributed by atoms with van der Waals surface area (Å²) in [5, 5.41) is 0. The molecule has 2 atom stereocenters. The lowest BCUT2D eigenvalue weighted by Crippen LogP contribution is -2.16. The zero-order valence-corrected chi connectivity index (χ0v) is 20.7. The van der Waals surface area contributed by atoms with Crippen molar-refractivity contribution in [2.24, 2.45) is 5.92 Å². The van der Waals surface area contributed by atoms with Crippen LogP contribution >= 0.6 is 0 Å². The number of hydrogen-bond donors (Lipinski definition) is 0. The van der Waals surface area contributed by atoms with Gasteiger partial charge >= 0.3 is 0 Å². The van der Waals surface area contributed by atoms with Gasteiger partial charge in [-0.1, -0.05) is 19.1 Å². The first-order valence-corrected chi connectivity index (χ1v) is 13.2. The molecule has 188 valence electrons. The largest absolute Gasteiger partial charge is 0.461 e. The van der Waals surface area contributed by atoms with Crippen molar-refractivity contribution in [3.05, 3.63) is 66.5 Å². The number of carbonyl (C=O) groups excluding carboxylic acids is 1. The van der Waals surface area contributed by atoms with Crippen LogP contribution in [0, 0.1) is 11.7 Å². The van der Waals surface area contributed by atoms with E-state index in [2.05, 4.69) is 15.0 Å². The number of hydrogen-bond acceptors (Lipinski definition) is 7. The van der Waals surface area contributed by atoms with Crippen molar-refractivity contribution in [3.63, 3.8) is 0 Å². The number of ketones is 1. The van der Waals surface area contributed by atoms with Gasteiger partial charge in [-0.15, -0.1) is 0 Å². The molecule has 8 nitrogen and oxygen atoms in total. The number of sulfone groups is 1. The van der Waals surface area contributed by atoms with Crippen LogP contribution in [0.1, 0.15) is 30.6 Å². The van der Waals surface area contributed by atoms with E-state index in [1.54, 1.807) is 48.0 Å². The molecule has 0 N–H and O–H groups in total. The van der Waals surface area contributed by atoms with E-state index in [9.17, 15) is 22.0 Å². The fraction of sp³-hybridized carbons (Fsp3) is 0.280. The minimum absolute atomic E-state index is 0.0294. The lowest BCUT2D eigenvalue weighted by Gasteiger charge is -2.10. The highest BCUT2D eigenvalue weighted by molar-refractivity contribution is 7.90. The van der Waals surface area contributed by atoms with E-state index < -0.39 is 22.0 Å². The van der Waals surface area contributed by atoms with Gasteiger partial charge in [0.1, 0.15) is 15.6 Å². The Kier molecular flexibility index (Phi) is 7.11. The van der Waals surface area contributed by atoms with Gasteiger partial charge in [0.15, 0.2) is 11.6 Å². The molecule has 0 spiro atoms. The maximum absolute atomic E-state index is 13.5. The van der Waals surface area contributed by atoms with E-state index >= 15 is 0 Å². The molecule has 0 bridgehead atoms. The van der Waals surface area contributed by atoms with E-state index in [-0.39, 0.29) is 29.8 Å². The SMILES string of the molecule is CC(CC(=O)c1cnc2c(-c3cccc(OC(C)F)c3)cn(-c3ncc(F)cn3)c2c1)CS(C)(=O)=O. The zero-order chi connectivity index (χ0) is 26.0. The van der Waals surface area contributed by atoms with Crippen LogP contribution in [0.25, 0.3) is 28.1 Å². The number of rotatable bonds is 9. The van der Waals surface area contributed by atoms with Gasteiger partial charge in [-0.25, -0.2) is 27.2 Å². The van der Waals surface area contributed by atoms with Gasteiger partial charge in [-0.3, -0.25) is 14.3 Å². The highest BCUT2D eigenvalue weighted by atomic mass is 32.2. The number of nitrogens with zero attached hydrogens (tertiary/aromatic N) is 4. The molecule has 4 aromatic rings. The molecule has 0 amide bonds. The van der Waals surface area contributed by atoms with E-state index in [0.717, 1.165) is 18.6 Å². The maximum Gasteiger partial charge on any atom is 0.235 e. The number of fused-ring (bicyclic) bond motifs is 1. The van der Waals surface area contributed by atoms with Gasteiger partial charge in [0.05, 0.1) is 29.2 Å². The highest BCUT2D eigenvalue weighted by Gasteiger charge is 2.20. The van der Waals surface area contributed by atoms with E-state index in [4.69, 9.17) is 4.74 Å². The van der Waals surface area contributed by atoms with Crippen LogP contribution in [0.15, 0.2) is 55.1 Å². The molecule has 0 aliphatic rings. The van der Waals surface area contributed by atoms with Gasteiger partial charge in [-0.2, -0.15) is 0 Å². The molecule has 1 aromatic carbocycles. The average Bonchev–Trinajstić information content (AvgIpc) is 3.17. The Morgan fingerprint density at radius 3 is 2.50 bits per heavy atom. The van der Waals surface area contributed by atoms with Crippen molar-refractivity contribution in [2.45, 2.75) is 26.6 Å². The third-order valence-corrected chi connectivity index (χ3v) is 6.52. The Morgan fingerprint density at radius 2 is 1.83 bits per heavy atom. The summed E-state index contributed by atoms with van der Waals surface area (Å²) < 4.78 is 56.8. The summed E-state index contributed by atoms with van der Waals surface area (Å²) in [4.78, 5) is 25.5. The number of benzene rings is 1. The molecule has 0 aliphatic carbocycles. The topological polar surface area (TPSA) is 104 Å².